The molecule has 1 aromatic heterocycles. The van der Waals surface area contributed by atoms with Crippen LogP contribution in [-0.4, -0.2) is 30.1 Å². The topological polar surface area (TPSA) is 45.0 Å². The molecule has 3 heterocycles. The van der Waals surface area contributed by atoms with Crippen molar-refractivity contribution in [2.24, 2.45) is 4.99 Å². The molecule has 2 aliphatic rings. The summed E-state index contributed by atoms with van der Waals surface area (Å²) in [6.45, 7) is 3.74. The van der Waals surface area contributed by atoms with E-state index in [2.05, 4.69) is 35.9 Å². The summed E-state index contributed by atoms with van der Waals surface area (Å²) in [5.41, 5.74) is 4.23. The average molecular weight is 374 g/mol. The molecule has 2 aromatic carbocycles. The third kappa shape index (κ3) is 2.93. The molecule has 2 aliphatic heterocycles. The highest BCUT2D eigenvalue weighted by Crippen LogP contribution is 2.41. The Balaban J connectivity index is 1.57. The summed E-state index contributed by atoms with van der Waals surface area (Å²) < 4.78 is 19.8. The lowest BCUT2D eigenvalue weighted by Crippen LogP contribution is -2.17. The van der Waals surface area contributed by atoms with Gasteiger partial charge in [0.25, 0.3) is 0 Å². The molecule has 3 aromatic rings. The predicted octanol–water partition coefficient (Wildman–Crippen LogP) is 4.58. The first-order chi connectivity index (χ1) is 13.8. The van der Waals surface area contributed by atoms with Crippen LogP contribution in [-0.2, 0) is 0 Å². The first kappa shape index (κ1) is 16.9. The third-order valence-electron chi connectivity index (χ3n) is 5.17. The number of fused-ring (bicyclic) bond motifs is 4. The Kier molecular flexibility index (Phi) is 4.28. The highest BCUT2D eigenvalue weighted by Gasteiger charge is 2.26. The maximum absolute atomic E-state index is 6.03. The van der Waals surface area contributed by atoms with Crippen molar-refractivity contribution in [1.82, 2.24) is 4.57 Å². The van der Waals surface area contributed by atoms with Gasteiger partial charge in [-0.25, -0.2) is 0 Å². The van der Waals surface area contributed by atoms with Crippen LogP contribution >= 0.6 is 0 Å². The molecule has 0 saturated heterocycles. The summed E-state index contributed by atoms with van der Waals surface area (Å²) in [6.07, 6.45) is 2.96. The van der Waals surface area contributed by atoms with Gasteiger partial charge in [0.05, 0.1) is 23.1 Å². The van der Waals surface area contributed by atoms with Gasteiger partial charge in [0.1, 0.15) is 25.6 Å². The van der Waals surface area contributed by atoms with E-state index in [-0.39, 0.29) is 6.04 Å². The van der Waals surface area contributed by atoms with Gasteiger partial charge in [-0.2, -0.15) is 0 Å². The molecule has 5 heteroatoms. The molecular formula is C23H22N2O3. The van der Waals surface area contributed by atoms with E-state index in [9.17, 15) is 0 Å². The number of hydrogen-bond acceptors (Lipinski definition) is 4. The van der Waals surface area contributed by atoms with Gasteiger partial charge in [0, 0.05) is 17.8 Å². The Morgan fingerprint density at radius 2 is 1.82 bits per heavy atom. The Bertz CT molecular complexity index is 1020. The van der Waals surface area contributed by atoms with Crippen molar-refractivity contribution in [1.29, 1.82) is 0 Å². The molecule has 5 nitrogen and oxygen atoms in total. The van der Waals surface area contributed by atoms with Gasteiger partial charge in [0.2, 0.25) is 0 Å². The van der Waals surface area contributed by atoms with E-state index in [1.54, 1.807) is 0 Å². The highest BCUT2D eigenvalue weighted by atomic mass is 16.6. The molecule has 0 amide bonds. The number of aromatic nitrogens is 1. The second-order valence-electron chi connectivity index (χ2n) is 6.92. The summed E-state index contributed by atoms with van der Waals surface area (Å²) >= 11 is 0. The Labute approximate surface area is 164 Å². The maximum atomic E-state index is 6.03. The molecule has 142 valence electrons. The smallest absolute Gasteiger partial charge is 0.163 e. The quantitative estimate of drug-likeness (QED) is 0.671. The largest absolute Gasteiger partial charge is 0.487 e. The first-order valence-corrected chi connectivity index (χ1v) is 9.69. The summed E-state index contributed by atoms with van der Waals surface area (Å²) in [4.78, 5) is 5.09. The van der Waals surface area contributed by atoms with Crippen LogP contribution in [0.15, 0.2) is 65.8 Å². The van der Waals surface area contributed by atoms with E-state index in [1.165, 1.54) is 0 Å². The predicted molar refractivity (Wildman–Crippen MR) is 108 cm³/mol. The van der Waals surface area contributed by atoms with Gasteiger partial charge in [-0.3, -0.25) is 4.99 Å². The molecule has 0 radical (unpaired) electrons. The van der Waals surface area contributed by atoms with Gasteiger partial charge in [-0.15, -0.1) is 0 Å². The SMILES string of the molecule is CC[C@H]1N=C(COc2ccccc2)c2cccn2-c2cc3c(cc21)OCCO3. The minimum absolute atomic E-state index is 0.0418. The van der Waals surface area contributed by atoms with Gasteiger partial charge in [0.15, 0.2) is 11.5 Å². The van der Waals surface area contributed by atoms with Crippen LogP contribution in [0, 0.1) is 0 Å². The van der Waals surface area contributed by atoms with Gasteiger partial charge in [-0.05, 0) is 36.8 Å². The summed E-state index contributed by atoms with van der Waals surface area (Å²) in [6, 6.07) is 18.2. The molecule has 0 bridgehead atoms. The lowest BCUT2D eigenvalue weighted by atomic mass is 10.0. The number of aliphatic imine (C=N–C) groups is 1. The van der Waals surface area contributed by atoms with E-state index >= 15 is 0 Å². The molecule has 0 spiro atoms. The fourth-order valence-electron chi connectivity index (χ4n) is 3.81. The normalized spacial score (nSPS) is 17.2. The Morgan fingerprint density at radius 3 is 2.61 bits per heavy atom. The van der Waals surface area contributed by atoms with Crippen molar-refractivity contribution in [2.75, 3.05) is 19.8 Å². The Hall–Kier alpha value is -3.21. The summed E-state index contributed by atoms with van der Waals surface area (Å²) in [7, 11) is 0. The lowest BCUT2D eigenvalue weighted by molar-refractivity contribution is 0.171. The minimum atomic E-state index is 0.0418. The van der Waals surface area contributed by atoms with E-state index in [1.807, 2.05) is 36.4 Å². The molecule has 0 aliphatic carbocycles. The fraction of sp³-hybridized carbons (Fsp3) is 0.261. The minimum Gasteiger partial charge on any atom is -0.487 e. The second-order valence-corrected chi connectivity index (χ2v) is 6.92. The van der Waals surface area contributed by atoms with Crippen LogP contribution in [0.5, 0.6) is 17.2 Å². The van der Waals surface area contributed by atoms with E-state index < -0.39 is 0 Å². The van der Waals surface area contributed by atoms with Crippen molar-refractivity contribution < 1.29 is 14.2 Å². The van der Waals surface area contributed by atoms with Gasteiger partial charge in [-0.1, -0.05) is 25.1 Å². The van der Waals surface area contributed by atoms with Crippen LogP contribution in [0.1, 0.15) is 30.6 Å². The zero-order chi connectivity index (χ0) is 18.9. The van der Waals surface area contributed by atoms with Crippen molar-refractivity contribution in [3.8, 4) is 22.9 Å². The monoisotopic (exact) mass is 374 g/mol. The van der Waals surface area contributed by atoms with Crippen LogP contribution < -0.4 is 14.2 Å². The summed E-state index contributed by atoms with van der Waals surface area (Å²) in [5, 5.41) is 0. The fourth-order valence-corrected chi connectivity index (χ4v) is 3.81. The van der Waals surface area contributed by atoms with Crippen molar-refractivity contribution in [3.63, 3.8) is 0 Å². The number of para-hydroxylation sites is 1. The van der Waals surface area contributed by atoms with Crippen molar-refractivity contribution in [3.05, 3.63) is 72.1 Å². The molecule has 5 rings (SSSR count). The first-order valence-electron chi connectivity index (χ1n) is 9.69. The van der Waals surface area contributed by atoms with Gasteiger partial charge >= 0.3 is 0 Å². The number of ether oxygens (including phenoxy) is 3. The second kappa shape index (κ2) is 7.08. The van der Waals surface area contributed by atoms with Crippen molar-refractivity contribution in [2.45, 2.75) is 19.4 Å². The highest BCUT2D eigenvalue weighted by molar-refractivity contribution is 6.01. The molecule has 0 N–H and O–H groups in total. The zero-order valence-corrected chi connectivity index (χ0v) is 15.8. The maximum Gasteiger partial charge on any atom is 0.163 e. The van der Waals surface area contributed by atoms with Crippen LogP contribution in [0.4, 0.5) is 0 Å². The van der Waals surface area contributed by atoms with Crippen LogP contribution in [0.3, 0.4) is 0 Å². The number of rotatable bonds is 4. The van der Waals surface area contributed by atoms with E-state index in [0.717, 1.165) is 46.3 Å². The molecule has 0 fully saturated rings. The molecule has 28 heavy (non-hydrogen) atoms. The standard InChI is InChI=1S/C23H22N2O3/c1-2-18-17-13-22-23(27-12-11-26-22)14-21(17)25-10-6-9-20(25)19(24-18)15-28-16-7-4-3-5-8-16/h3-10,13-14,18H,2,11-12,15H2,1H3/t18-/m1/s1. The molecule has 1 atom stereocenters. The summed E-state index contributed by atoms with van der Waals surface area (Å²) in [5.74, 6) is 2.44. The van der Waals surface area contributed by atoms with Gasteiger partial charge < -0.3 is 18.8 Å². The molecule has 0 saturated carbocycles. The van der Waals surface area contributed by atoms with E-state index in [4.69, 9.17) is 19.2 Å². The Morgan fingerprint density at radius 1 is 1.04 bits per heavy atom. The zero-order valence-electron chi connectivity index (χ0n) is 15.8. The lowest BCUT2D eigenvalue weighted by Gasteiger charge is -2.22. The number of hydrogen-bond donors (Lipinski definition) is 0. The number of nitrogens with zero attached hydrogens (tertiary/aromatic N) is 2. The van der Waals surface area contributed by atoms with E-state index in [0.29, 0.717) is 19.8 Å². The van der Waals surface area contributed by atoms with Crippen LogP contribution in [0.2, 0.25) is 0 Å². The third-order valence-corrected chi connectivity index (χ3v) is 5.17. The molecule has 0 unspecified atom stereocenters. The average Bonchev–Trinajstić information content (AvgIpc) is 3.19. The van der Waals surface area contributed by atoms with Crippen molar-refractivity contribution >= 4 is 5.71 Å². The molecular weight excluding hydrogens is 352 g/mol. The number of benzene rings is 2. The van der Waals surface area contributed by atoms with Crippen LogP contribution in [0.25, 0.3) is 5.69 Å².